The monoisotopic (exact) mass is 419 g/mol. The molecule has 8 nitrogen and oxygen atoms in total. The standard InChI is InChI=1S/C21H41NO7/c1-4-5-6-7-8-10-24-12-13-25-11-9-22-21(23)29-19-17-27-15-14-26-16-18-28-20(2)3/h2,4-19H2,1,3H3,(H,22,23). The summed E-state index contributed by atoms with van der Waals surface area (Å²) in [5, 5.41) is 2.62. The first-order valence-corrected chi connectivity index (χ1v) is 10.7. The van der Waals surface area contributed by atoms with Crippen LogP contribution in [0.4, 0.5) is 4.79 Å². The molecular formula is C21H41NO7. The van der Waals surface area contributed by atoms with Gasteiger partial charge in [-0.2, -0.15) is 0 Å². The quantitative estimate of drug-likeness (QED) is 0.213. The molecule has 0 fully saturated rings. The minimum atomic E-state index is -0.478. The van der Waals surface area contributed by atoms with Crippen LogP contribution in [0, 0.1) is 0 Å². The number of unbranched alkanes of at least 4 members (excludes halogenated alkanes) is 4. The molecule has 29 heavy (non-hydrogen) atoms. The van der Waals surface area contributed by atoms with Crippen molar-refractivity contribution in [2.24, 2.45) is 0 Å². The molecule has 0 aromatic heterocycles. The first-order valence-electron chi connectivity index (χ1n) is 10.7. The maximum absolute atomic E-state index is 11.5. The molecule has 0 aliphatic carbocycles. The van der Waals surface area contributed by atoms with E-state index in [2.05, 4.69) is 18.8 Å². The number of allylic oxidation sites excluding steroid dienone is 1. The topological polar surface area (TPSA) is 84.5 Å². The summed E-state index contributed by atoms with van der Waals surface area (Å²) in [5.41, 5.74) is 0. The summed E-state index contributed by atoms with van der Waals surface area (Å²) < 4.78 is 31.6. The number of carbonyl (C=O) groups is 1. The fraction of sp³-hybridized carbons (Fsp3) is 0.857. The maximum Gasteiger partial charge on any atom is 0.407 e. The van der Waals surface area contributed by atoms with Crippen molar-refractivity contribution >= 4 is 6.09 Å². The summed E-state index contributed by atoms with van der Waals surface area (Å²) in [5.74, 6) is 0.671. The minimum Gasteiger partial charge on any atom is -0.496 e. The molecule has 0 aliphatic heterocycles. The predicted molar refractivity (Wildman–Crippen MR) is 112 cm³/mol. The van der Waals surface area contributed by atoms with Gasteiger partial charge in [0.1, 0.15) is 13.2 Å². The molecule has 0 aromatic carbocycles. The molecule has 0 aliphatic rings. The summed E-state index contributed by atoms with van der Waals surface area (Å²) in [7, 11) is 0. The Morgan fingerprint density at radius 3 is 1.83 bits per heavy atom. The third-order valence-corrected chi connectivity index (χ3v) is 3.69. The van der Waals surface area contributed by atoms with Gasteiger partial charge in [-0.1, -0.05) is 39.2 Å². The summed E-state index contributed by atoms with van der Waals surface area (Å²) in [4.78, 5) is 11.5. The normalized spacial score (nSPS) is 10.7. The van der Waals surface area contributed by atoms with Crippen LogP contribution in [0.15, 0.2) is 12.3 Å². The summed E-state index contributed by atoms with van der Waals surface area (Å²) in [6.07, 6.45) is 5.69. The Morgan fingerprint density at radius 1 is 0.690 bits per heavy atom. The summed E-state index contributed by atoms with van der Waals surface area (Å²) >= 11 is 0. The largest absolute Gasteiger partial charge is 0.496 e. The zero-order valence-electron chi connectivity index (χ0n) is 18.4. The van der Waals surface area contributed by atoms with Crippen molar-refractivity contribution in [1.29, 1.82) is 0 Å². The van der Waals surface area contributed by atoms with E-state index in [1.54, 1.807) is 6.92 Å². The smallest absolute Gasteiger partial charge is 0.407 e. The first kappa shape index (κ1) is 27.6. The van der Waals surface area contributed by atoms with Gasteiger partial charge in [0.25, 0.3) is 0 Å². The molecule has 1 N–H and O–H groups in total. The van der Waals surface area contributed by atoms with E-state index in [1.807, 2.05) is 0 Å². The second kappa shape index (κ2) is 22.9. The number of carbonyl (C=O) groups excluding carboxylic acids is 1. The highest BCUT2D eigenvalue weighted by Gasteiger charge is 2.01. The van der Waals surface area contributed by atoms with Gasteiger partial charge in [-0.05, 0) is 13.3 Å². The van der Waals surface area contributed by atoms with E-state index in [-0.39, 0.29) is 6.61 Å². The lowest BCUT2D eigenvalue weighted by Gasteiger charge is -2.09. The number of hydrogen-bond donors (Lipinski definition) is 1. The zero-order chi connectivity index (χ0) is 21.4. The van der Waals surface area contributed by atoms with E-state index in [4.69, 9.17) is 28.4 Å². The molecular weight excluding hydrogens is 378 g/mol. The van der Waals surface area contributed by atoms with Gasteiger partial charge in [-0.25, -0.2) is 4.79 Å². The minimum absolute atomic E-state index is 0.192. The number of rotatable bonds is 22. The molecule has 0 radical (unpaired) electrons. The molecule has 0 atom stereocenters. The van der Waals surface area contributed by atoms with Gasteiger partial charge in [-0.3, -0.25) is 0 Å². The Hall–Kier alpha value is -1.35. The van der Waals surface area contributed by atoms with E-state index in [0.717, 1.165) is 13.0 Å². The molecule has 1 amide bonds. The fourth-order valence-electron chi connectivity index (χ4n) is 2.20. The van der Waals surface area contributed by atoms with Crippen molar-refractivity contribution in [2.75, 3.05) is 72.6 Å². The number of ether oxygens (including phenoxy) is 6. The van der Waals surface area contributed by atoms with Gasteiger partial charge in [0.05, 0.1) is 52.0 Å². The van der Waals surface area contributed by atoms with Crippen molar-refractivity contribution in [3.05, 3.63) is 12.3 Å². The number of amides is 1. The van der Waals surface area contributed by atoms with E-state index in [9.17, 15) is 4.79 Å². The summed E-state index contributed by atoms with van der Waals surface area (Å²) in [6.45, 7) is 12.7. The molecule has 0 heterocycles. The molecule has 0 saturated heterocycles. The van der Waals surface area contributed by atoms with Gasteiger partial charge in [0, 0.05) is 13.2 Å². The SMILES string of the molecule is C=C(C)OCCOCCOCCOC(=O)NCCOCCOCCCCCCC. The van der Waals surface area contributed by atoms with Crippen LogP contribution in [0.1, 0.15) is 46.0 Å². The molecule has 172 valence electrons. The van der Waals surface area contributed by atoms with E-state index in [0.29, 0.717) is 65.2 Å². The highest BCUT2D eigenvalue weighted by atomic mass is 16.6. The van der Waals surface area contributed by atoms with Crippen LogP contribution in [0.5, 0.6) is 0 Å². The van der Waals surface area contributed by atoms with Crippen LogP contribution < -0.4 is 5.32 Å². The number of alkyl carbamates (subject to hydrolysis) is 1. The molecule has 0 saturated carbocycles. The van der Waals surface area contributed by atoms with Crippen LogP contribution in [0.3, 0.4) is 0 Å². The predicted octanol–water partition coefficient (Wildman–Crippen LogP) is 3.30. The lowest BCUT2D eigenvalue weighted by Crippen LogP contribution is -2.29. The number of nitrogens with one attached hydrogen (secondary N) is 1. The van der Waals surface area contributed by atoms with Crippen molar-refractivity contribution in [3.63, 3.8) is 0 Å². The Morgan fingerprint density at radius 2 is 1.21 bits per heavy atom. The van der Waals surface area contributed by atoms with Gasteiger partial charge >= 0.3 is 6.09 Å². The van der Waals surface area contributed by atoms with Crippen LogP contribution in [0.25, 0.3) is 0 Å². The maximum atomic E-state index is 11.5. The molecule has 0 rings (SSSR count). The van der Waals surface area contributed by atoms with Crippen LogP contribution >= 0.6 is 0 Å². The lowest BCUT2D eigenvalue weighted by molar-refractivity contribution is 0.0144. The highest BCUT2D eigenvalue weighted by Crippen LogP contribution is 2.02. The van der Waals surface area contributed by atoms with Crippen molar-refractivity contribution in [1.82, 2.24) is 5.32 Å². The van der Waals surface area contributed by atoms with Gasteiger partial charge < -0.3 is 33.7 Å². The molecule has 0 spiro atoms. The Balaban J connectivity index is 3.16. The van der Waals surface area contributed by atoms with E-state index >= 15 is 0 Å². The molecule has 8 heteroatoms. The summed E-state index contributed by atoms with van der Waals surface area (Å²) in [6, 6.07) is 0. The molecule has 0 bridgehead atoms. The van der Waals surface area contributed by atoms with Crippen LogP contribution in [0.2, 0.25) is 0 Å². The van der Waals surface area contributed by atoms with E-state index in [1.165, 1.54) is 25.7 Å². The molecule has 0 aromatic rings. The third-order valence-electron chi connectivity index (χ3n) is 3.69. The second-order valence-corrected chi connectivity index (χ2v) is 6.48. The Bertz CT molecular complexity index is 380. The van der Waals surface area contributed by atoms with Gasteiger partial charge in [0.15, 0.2) is 0 Å². The average molecular weight is 420 g/mol. The van der Waals surface area contributed by atoms with Gasteiger partial charge in [-0.15, -0.1) is 0 Å². The fourth-order valence-corrected chi connectivity index (χ4v) is 2.20. The van der Waals surface area contributed by atoms with Crippen LogP contribution in [-0.2, 0) is 28.4 Å². The van der Waals surface area contributed by atoms with Crippen molar-refractivity contribution < 1.29 is 33.2 Å². The first-order chi connectivity index (χ1) is 14.2. The second-order valence-electron chi connectivity index (χ2n) is 6.48. The highest BCUT2D eigenvalue weighted by molar-refractivity contribution is 5.66. The van der Waals surface area contributed by atoms with Crippen molar-refractivity contribution in [3.8, 4) is 0 Å². The molecule has 0 unspecified atom stereocenters. The Labute approximate surface area is 176 Å². The van der Waals surface area contributed by atoms with Crippen LogP contribution in [-0.4, -0.2) is 78.7 Å². The lowest BCUT2D eigenvalue weighted by atomic mass is 10.2. The van der Waals surface area contributed by atoms with Crippen molar-refractivity contribution in [2.45, 2.75) is 46.0 Å². The van der Waals surface area contributed by atoms with Gasteiger partial charge in [0.2, 0.25) is 0 Å². The average Bonchev–Trinajstić information content (AvgIpc) is 2.70. The Kier molecular flexibility index (Phi) is 21.9. The third kappa shape index (κ3) is 24.6. The number of hydrogen-bond acceptors (Lipinski definition) is 7. The van der Waals surface area contributed by atoms with E-state index < -0.39 is 6.09 Å². The zero-order valence-corrected chi connectivity index (χ0v) is 18.4.